The van der Waals surface area contributed by atoms with Crippen molar-refractivity contribution in [2.24, 2.45) is 0 Å². The van der Waals surface area contributed by atoms with E-state index in [9.17, 15) is 14.0 Å². The first-order chi connectivity index (χ1) is 20.9. The largest absolute Gasteiger partial charge is 0.478 e. The maximum atomic E-state index is 14.2. The van der Waals surface area contributed by atoms with Gasteiger partial charge in [0.05, 0.1) is 12.1 Å². The van der Waals surface area contributed by atoms with E-state index in [1.165, 1.54) is 17.1 Å². The lowest BCUT2D eigenvalue weighted by molar-refractivity contribution is 0.0762. The molecule has 0 fully saturated rings. The van der Waals surface area contributed by atoms with Gasteiger partial charge in [0.2, 0.25) is 0 Å². The van der Waals surface area contributed by atoms with Crippen LogP contribution in [-0.4, -0.2) is 41.0 Å². The number of hydrazine groups is 1. The molecule has 4 aromatic carbocycles. The summed E-state index contributed by atoms with van der Waals surface area (Å²) in [5, 5.41) is 2.00. The van der Waals surface area contributed by atoms with E-state index in [-0.39, 0.29) is 36.1 Å². The highest BCUT2D eigenvalue weighted by Crippen LogP contribution is 2.46. The maximum absolute atomic E-state index is 14.2. The van der Waals surface area contributed by atoms with Gasteiger partial charge in [0.15, 0.2) is 5.75 Å². The molecule has 0 unspecified atom stereocenters. The molecule has 8 nitrogen and oxygen atoms in total. The molecule has 216 valence electrons. The third kappa shape index (κ3) is 5.75. The molecular weight excluding hydrogens is 547 g/mol. The van der Waals surface area contributed by atoms with E-state index in [1.807, 2.05) is 60.7 Å². The predicted molar refractivity (Wildman–Crippen MR) is 160 cm³/mol. The maximum Gasteiger partial charge on any atom is 0.427 e. The Kier molecular flexibility index (Phi) is 7.72. The van der Waals surface area contributed by atoms with Crippen LogP contribution < -0.4 is 14.9 Å². The molecule has 0 aliphatic carbocycles. The zero-order valence-corrected chi connectivity index (χ0v) is 23.7. The summed E-state index contributed by atoms with van der Waals surface area (Å²) in [6.07, 6.45) is 0.349. The second-order valence-corrected chi connectivity index (χ2v) is 10.4. The Morgan fingerprint density at radius 1 is 0.930 bits per heavy atom. The van der Waals surface area contributed by atoms with Crippen LogP contribution in [-0.2, 0) is 13.1 Å². The van der Waals surface area contributed by atoms with Crippen molar-refractivity contribution in [2.45, 2.75) is 19.2 Å². The summed E-state index contributed by atoms with van der Waals surface area (Å²) in [5.74, 6) is -0.131. The normalized spacial score (nSPS) is 12.6. The molecule has 43 heavy (non-hydrogen) atoms. The minimum absolute atomic E-state index is 0.151. The summed E-state index contributed by atoms with van der Waals surface area (Å²) in [6, 6.07) is 29.0. The van der Waals surface area contributed by atoms with Gasteiger partial charge in [-0.05, 0) is 41.0 Å². The topological polar surface area (TPSA) is 84.0 Å². The monoisotopic (exact) mass is 576 g/mol. The van der Waals surface area contributed by atoms with Crippen molar-refractivity contribution in [2.75, 3.05) is 14.1 Å². The van der Waals surface area contributed by atoms with Gasteiger partial charge in [-0.1, -0.05) is 72.8 Å². The van der Waals surface area contributed by atoms with Crippen LogP contribution in [0.3, 0.4) is 0 Å². The molecule has 0 saturated carbocycles. The number of halogens is 1. The molecule has 1 aromatic heterocycles. The lowest BCUT2D eigenvalue weighted by Crippen LogP contribution is -2.38. The second-order valence-electron chi connectivity index (χ2n) is 10.4. The van der Waals surface area contributed by atoms with Gasteiger partial charge in [0, 0.05) is 37.8 Å². The molecule has 0 bridgehead atoms. The molecule has 0 atom stereocenters. The predicted octanol–water partition coefficient (Wildman–Crippen LogP) is 6.26. The molecule has 1 aliphatic heterocycles. The van der Waals surface area contributed by atoms with E-state index in [2.05, 4.69) is 10.4 Å². The summed E-state index contributed by atoms with van der Waals surface area (Å²) in [6.45, 7) is 0.375. The number of nitrogens with one attached hydrogen (secondary N) is 1. The van der Waals surface area contributed by atoms with E-state index in [0.717, 1.165) is 16.7 Å². The Bertz CT molecular complexity index is 1740. The fourth-order valence-corrected chi connectivity index (χ4v) is 5.27. The fourth-order valence-electron chi connectivity index (χ4n) is 5.27. The van der Waals surface area contributed by atoms with Gasteiger partial charge in [-0.25, -0.2) is 14.2 Å². The molecule has 5 aromatic rings. The third-order valence-electron chi connectivity index (χ3n) is 7.16. The SMILES string of the molecule is CN(C)NC(=O)Oc1c2c(c(OC(c3ccccc3)c3ccccc3)c3ncccc13)C(=O)N(Cc1ccc(F)cc1)C2. The van der Waals surface area contributed by atoms with Gasteiger partial charge in [0.1, 0.15) is 23.2 Å². The molecule has 1 aliphatic rings. The molecule has 0 radical (unpaired) electrons. The van der Waals surface area contributed by atoms with Crippen LogP contribution in [0.25, 0.3) is 10.9 Å². The number of pyridine rings is 1. The lowest BCUT2D eigenvalue weighted by Gasteiger charge is -2.23. The first-order valence-corrected chi connectivity index (χ1v) is 13.8. The summed E-state index contributed by atoms with van der Waals surface area (Å²) >= 11 is 0. The lowest BCUT2D eigenvalue weighted by atomic mass is 9.99. The summed E-state index contributed by atoms with van der Waals surface area (Å²) < 4.78 is 26.3. The Morgan fingerprint density at radius 2 is 1.58 bits per heavy atom. The van der Waals surface area contributed by atoms with E-state index >= 15 is 0 Å². The van der Waals surface area contributed by atoms with Crippen molar-refractivity contribution in [1.82, 2.24) is 20.3 Å². The van der Waals surface area contributed by atoms with Crippen LogP contribution in [0.5, 0.6) is 11.5 Å². The Balaban J connectivity index is 1.52. The number of aromatic nitrogens is 1. The van der Waals surface area contributed by atoms with Gasteiger partial charge < -0.3 is 14.4 Å². The molecule has 6 rings (SSSR count). The molecule has 1 N–H and O–H groups in total. The number of rotatable bonds is 8. The average molecular weight is 577 g/mol. The van der Waals surface area contributed by atoms with Crippen LogP contribution in [0.1, 0.15) is 38.7 Å². The van der Waals surface area contributed by atoms with E-state index in [0.29, 0.717) is 22.2 Å². The average Bonchev–Trinajstić information content (AvgIpc) is 3.33. The number of hydrogen-bond donors (Lipinski definition) is 1. The Morgan fingerprint density at radius 3 is 2.21 bits per heavy atom. The Labute approximate surface area is 248 Å². The number of benzene rings is 4. The number of nitrogens with zero attached hydrogens (tertiary/aromatic N) is 3. The van der Waals surface area contributed by atoms with E-state index in [1.54, 1.807) is 49.5 Å². The van der Waals surface area contributed by atoms with Crippen molar-refractivity contribution in [1.29, 1.82) is 0 Å². The standard InChI is InChI=1S/C34H29FN4O4/c1-38(2)37-34(41)43-31-26-14-9-19-36-29(26)32(42-30(23-10-5-3-6-11-23)24-12-7-4-8-13-24)28-27(31)21-39(33(28)40)20-22-15-17-25(35)18-16-22/h3-19,30H,20-21H2,1-2H3,(H,37,41). The third-order valence-corrected chi connectivity index (χ3v) is 7.16. The van der Waals surface area contributed by atoms with Gasteiger partial charge in [0.25, 0.3) is 5.91 Å². The molecular formula is C34H29FN4O4. The van der Waals surface area contributed by atoms with Crippen molar-refractivity contribution in [3.05, 3.63) is 137 Å². The first kappa shape index (κ1) is 27.9. The molecule has 2 heterocycles. The van der Waals surface area contributed by atoms with Gasteiger partial charge >= 0.3 is 6.09 Å². The second kappa shape index (κ2) is 11.9. The number of carbonyl (C=O) groups is 2. The van der Waals surface area contributed by atoms with Crippen LogP contribution in [0, 0.1) is 5.82 Å². The highest BCUT2D eigenvalue weighted by atomic mass is 19.1. The van der Waals surface area contributed by atoms with Crippen molar-refractivity contribution in [3.8, 4) is 11.5 Å². The number of carbonyl (C=O) groups excluding carboxylic acids is 2. The highest BCUT2D eigenvalue weighted by molar-refractivity contribution is 6.09. The quantitative estimate of drug-likeness (QED) is 0.220. The number of ether oxygens (including phenoxy) is 2. The van der Waals surface area contributed by atoms with Gasteiger partial charge in [-0.15, -0.1) is 0 Å². The number of amides is 2. The van der Waals surface area contributed by atoms with Crippen LogP contribution in [0.15, 0.2) is 103 Å². The van der Waals surface area contributed by atoms with Crippen molar-refractivity contribution in [3.63, 3.8) is 0 Å². The van der Waals surface area contributed by atoms with Crippen molar-refractivity contribution < 1.29 is 23.5 Å². The van der Waals surface area contributed by atoms with Crippen LogP contribution >= 0.6 is 0 Å². The number of hydrogen-bond acceptors (Lipinski definition) is 6. The first-order valence-electron chi connectivity index (χ1n) is 13.8. The van der Waals surface area contributed by atoms with Crippen LogP contribution in [0.4, 0.5) is 9.18 Å². The molecule has 9 heteroatoms. The Hall–Kier alpha value is -5.28. The van der Waals surface area contributed by atoms with Gasteiger partial charge in [-0.3, -0.25) is 15.2 Å². The number of fused-ring (bicyclic) bond motifs is 2. The molecule has 2 amide bonds. The molecule has 0 spiro atoms. The minimum atomic E-state index is -0.707. The highest BCUT2D eigenvalue weighted by Gasteiger charge is 2.38. The smallest absolute Gasteiger partial charge is 0.427 e. The zero-order valence-electron chi connectivity index (χ0n) is 23.7. The zero-order chi connectivity index (χ0) is 29.9. The van der Waals surface area contributed by atoms with E-state index < -0.39 is 12.2 Å². The van der Waals surface area contributed by atoms with Gasteiger partial charge in [-0.2, -0.15) is 0 Å². The van der Waals surface area contributed by atoms with Crippen LogP contribution in [0.2, 0.25) is 0 Å². The summed E-state index contributed by atoms with van der Waals surface area (Å²) in [5.41, 5.74) is 6.31. The van der Waals surface area contributed by atoms with E-state index in [4.69, 9.17) is 9.47 Å². The van der Waals surface area contributed by atoms with Crippen molar-refractivity contribution >= 4 is 22.9 Å². The summed E-state index contributed by atoms with van der Waals surface area (Å²) in [4.78, 5) is 33.3. The fraction of sp³-hybridized carbons (Fsp3) is 0.147. The molecule has 0 saturated heterocycles. The minimum Gasteiger partial charge on any atom is -0.478 e. The summed E-state index contributed by atoms with van der Waals surface area (Å²) in [7, 11) is 3.34.